The number of nitrogens with zero attached hydrogens (tertiary/aromatic N) is 1. The summed E-state index contributed by atoms with van der Waals surface area (Å²) in [7, 11) is 0. The number of fused-ring (bicyclic) bond motifs is 1. The molecule has 7 atom stereocenters. The lowest BCUT2D eigenvalue weighted by Gasteiger charge is -2.44. The fraction of sp³-hybridized carbons (Fsp3) is 0.667. The second-order valence-corrected chi connectivity index (χ2v) is 15.0. The van der Waals surface area contributed by atoms with Crippen LogP contribution >= 0.6 is 11.6 Å². The van der Waals surface area contributed by atoms with E-state index in [1.807, 2.05) is 37.3 Å². The summed E-state index contributed by atoms with van der Waals surface area (Å²) in [6, 6.07) is 7.80. The van der Waals surface area contributed by atoms with Crippen LogP contribution < -0.4 is 0 Å². The summed E-state index contributed by atoms with van der Waals surface area (Å²) in [5.41, 5.74) is -2.08. The first-order valence-corrected chi connectivity index (χ1v) is 15.6. The number of rotatable bonds is 8. The molecule has 2 fully saturated rings. The van der Waals surface area contributed by atoms with E-state index in [1.165, 1.54) is 0 Å². The molecule has 2 aliphatic rings. The average molecular weight is 652 g/mol. The van der Waals surface area contributed by atoms with Crippen LogP contribution in [0.4, 0.5) is 4.79 Å². The van der Waals surface area contributed by atoms with Gasteiger partial charge in [0.25, 0.3) is 5.91 Å². The van der Waals surface area contributed by atoms with Crippen molar-refractivity contribution in [3.05, 3.63) is 35.9 Å². The predicted octanol–water partition coefficient (Wildman–Crippen LogP) is 5.37. The molecule has 2 unspecified atom stereocenters. The molecule has 2 amide bonds. The van der Waals surface area contributed by atoms with Crippen LogP contribution in [0.25, 0.3) is 0 Å². The van der Waals surface area contributed by atoms with E-state index >= 15 is 0 Å². The molecule has 250 valence electrons. The van der Waals surface area contributed by atoms with E-state index in [0.717, 1.165) is 10.5 Å². The maximum Gasteiger partial charge on any atom is 0.419 e. The van der Waals surface area contributed by atoms with Crippen molar-refractivity contribution < 1.29 is 47.7 Å². The summed E-state index contributed by atoms with van der Waals surface area (Å²) in [6.45, 7) is 16.3. The van der Waals surface area contributed by atoms with E-state index in [4.69, 9.17) is 35.3 Å². The zero-order valence-corrected chi connectivity index (χ0v) is 28.5. The molecule has 12 heteroatoms. The summed E-state index contributed by atoms with van der Waals surface area (Å²) < 4.78 is 29.0. The Hall–Kier alpha value is -3.18. The number of ether oxygens (including phenoxy) is 5. The lowest BCUT2D eigenvalue weighted by Crippen LogP contribution is -2.65. The highest BCUT2D eigenvalue weighted by Crippen LogP contribution is 2.39. The molecular weight excluding hydrogens is 606 g/mol. The van der Waals surface area contributed by atoms with E-state index < -0.39 is 94.7 Å². The first kappa shape index (κ1) is 36.3. The average Bonchev–Trinajstić information content (AvgIpc) is 3.26. The summed E-state index contributed by atoms with van der Waals surface area (Å²) in [5, 5.41) is -1.20. The highest BCUT2D eigenvalue weighted by Gasteiger charge is 2.62. The van der Waals surface area contributed by atoms with Gasteiger partial charge in [-0.1, -0.05) is 37.3 Å². The zero-order chi connectivity index (χ0) is 34.1. The molecule has 3 rings (SSSR count). The maximum atomic E-state index is 14.0. The number of imide groups is 1. The number of hydrogen-bond acceptors (Lipinski definition) is 10. The number of halogens is 1. The van der Waals surface area contributed by atoms with Crippen molar-refractivity contribution >= 4 is 41.5 Å². The van der Waals surface area contributed by atoms with Crippen molar-refractivity contribution in [1.29, 1.82) is 0 Å². The number of carbonyl (C=O) groups is 5. The molecule has 0 aliphatic carbocycles. The Morgan fingerprint density at radius 2 is 1.36 bits per heavy atom. The molecule has 45 heavy (non-hydrogen) atoms. The molecule has 0 saturated carbocycles. The Balaban J connectivity index is 2.08. The first-order valence-electron chi connectivity index (χ1n) is 15.2. The molecule has 2 saturated heterocycles. The number of carbonyl (C=O) groups excluding carboxylic acids is 5. The normalized spacial score (nSPS) is 25.0. The van der Waals surface area contributed by atoms with Gasteiger partial charge in [0.1, 0.15) is 24.1 Å². The number of esters is 3. The third-order valence-electron chi connectivity index (χ3n) is 7.52. The third-order valence-corrected chi connectivity index (χ3v) is 8.01. The summed E-state index contributed by atoms with van der Waals surface area (Å²) in [6.07, 6.45) is -6.09. The van der Waals surface area contributed by atoms with Crippen LogP contribution in [0, 0.1) is 16.2 Å². The third kappa shape index (κ3) is 8.35. The van der Waals surface area contributed by atoms with Crippen LogP contribution in [0.2, 0.25) is 0 Å². The van der Waals surface area contributed by atoms with Gasteiger partial charge < -0.3 is 23.7 Å². The van der Waals surface area contributed by atoms with Crippen molar-refractivity contribution in [2.45, 2.75) is 118 Å². The molecule has 1 aromatic carbocycles. The van der Waals surface area contributed by atoms with E-state index in [9.17, 15) is 24.0 Å². The van der Waals surface area contributed by atoms with Gasteiger partial charge in [-0.25, -0.2) is 9.69 Å². The van der Waals surface area contributed by atoms with Crippen LogP contribution in [0.1, 0.15) is 87.1 Å². The Morgan fingerprint density at radius 1 is 0.844 bits per heavy atom. The van der Waals surface area contributed by atoms with Crippen LogP contribution in [-0.2, 0) is 42.9 Å². The maximum absolute atomic E-state index is 14.0. The van der Waals surface area contributed by atoms with Crippen LogP contribution in [0.3, 0.4) is 0 Å². The number of benzene rings is 1. The second kappa shape index (κ2) is 13.7. The van der Waals surface area contributed by atoms with Crippen molar-refractivity contribution in [2.24, 2.45) is 16.2 Å². The summed E-state index contributed by atoms with van der Waals surface area (Å²) in [4.78, 5) is 67.4. The van der Waals surface area contributed by atoms with Gasteiger partial charge in [-0.2, -0.15) is 0 Å². The van der Waals surface area contributed by atoms with Crippen LogP contribution in [0.15, 0.2) is 30.3 Å². The molecule has 2 aliphatic heterocycles. The van der Waals surface area contributed by atoms with Gasteiger partial charge >= 0.3 is 24.0 Å². The number of alkyl halides is 1. The number of hydrogen-bond donors (Lipinski definition) is 0. The van der Waals surface area contributed by atoms with E-state index in [1.54, 1.807) is 62.3 Å². The number of amides is 2. The molecule has 1 aromatic rings. The van der Waals surface area contributed by atoms with Gasteiger partial charge in [0, 0.05) is 5.92 Å². The first-order chi connectivity index (χ1) is 20.7. The Morgan fingerprint density at radius 3 is 1.84 bits per heavy atom. The fourth-order valence-corrected chi connectivity index (χ4v) is 5.21. The Kier molecular flexibility index (Phi) is 11.0. The van der Waals surface area contributed by atoms with Gasteiger partial charge in [0.2, 0.25) is 6.29 Å². The molecule has 2 heterocycles. The quantitative estimate of drug-likeness (QED) is 0.205. The minimum absolute atomic E-state index is 0.416. The van der Waals surface area contributed by atoms with E-state index in [0.29, 0.717) is 6.42 Å². The highest BCUT2D eigenvalue weighted by atomic mass is 35.5. The standard InChI is InChI=1S/C33H46ClNO10/c1-11-19(18-15-13-12-14-16-18)21(34)25(36)35-22-24(44-29(39)33(8,9)10)23(43-28(38)32(5,6)7)20(42-26(22)45-30(35)40)17-41-27(37)31(2,3)4/h12-16,19-24,26H,11,17H2,1-10H3/t19?,20-,21?,22-,23-,24-,26-/m1/s1. The van der Waals surface area contributed by atoms with E-state index in [2.05, 4.69) is 0 Å². The fourth-order valence-electron chi connectivity index (χ4n) is 4.78. The minimum Gasteiger partial charge on any atom is -0.462 e. The Bertz CT molecular complexity index is 1260. The molecule has 0 bridgehead atoms. The van der Waals surface area contributed by atoms with Crippen molar-refractivity contribution in [3.8, 4) is 0 Å². The lowest BCUT2D eigenvalue weighted by molar-refractivity contribution is -0.259. The summed E-state index contributed by atoms with van der Waals surface area (Å²) in [5.74, 6) is -3.18. The minimum atomic E-state index is -1.45. The van der Waals surface area contributed by atoms with Crippen molar-refractivity contribution in [2.75, 3.05) is 6.61 Å². The second-order valence-electron chi connectivity index (χ2n) is 14.5. The lowest BCUT2D eigenvalue weighted by atomic mass is 9.90. The highest BCUT2D eigenvalue weighted by molar-refractivity contribution is 6.32. The topological polar surface area (TPSA) is 135 Å². The zero-order valence-electron chi connectivity index (χ0n) is 27.8. The van der Waals surface area contributed by atoms with Gasteiger partial charge in [0.15, 0.2) is 12.2 Å². The van der Waals surface area contributed by atoms with Crippen LogP contribution in [-0.4, -0.2) is 77.4 Å². The monoisotopic (exact) mass is 651 g/mol. The van der Waals surface area contributed by atoms with E-state index in [-0.39, 0.29) is 0 Å². The molecular formula is C33H46ClNO10. The summed E-state index contributed by atoms with van der Waals surface area (Å²) >= 11 is 6.78. The smallest absolute Gasteiger partial charge is 0.419 e. The molecule has 0 radical (unpaired) electrons. The molecule has 11 nitrogen and oxygen atoms in total. The SMILES string of the molecule is CCC(c1ccccc1)C(Cl)C(=O)N1C(=O)O[C@H]2O[C@H](COC(=O)C(C)(C)C)[C@@H](OC(=O)C(C)(C)C)[C@H](OC(=O)C(C)(C)C)[C@H]21. The van der Waals surface area contributed by atoms with Gasteiger partial charge in [0.05, 0.1) is 16.2 Å². The van der Waals surface area contributed by atoms with Crippen LogP contribution in [0.5, 0.6) is 0 Å². The van der Waals surface area contributed by atoms with Gasteiger partial charge in [-0.3, -0.25) is 19.2 Å². The molecule has 0 aromatic heterocycles. The molecule has 0 N–H and O–H groups in total. The van der Waals surface area contributed by atoms with Crippen molar-refractivity contribution in [3.63, 3.8) is 0 Å². The van der Waals surface area contributed by atoms with Gasteiger partial charge in [-0.05, 0) is 74.3 Å². The van der Waals surface area contributed by atoms with Crippen molar-refractivity contribution in [1.82, 2.24) is 4.90 Å². The molecule has 0 spiro atoms. The predicted molar refractivity (Wildman–Crippen MR) is 164 cm³/mol. The Labute approximate surface area is 270 Å². The largest absolute Gasteiger partial charge is 0.462 e. The van der Waals surface area contributed by atoms with Gasteiger partial charge in [-0.15, -0.1) is 11.6 Å².